The Kier molecular flexibility index (Phi) is 7.96. The summed E-state index contributed by atoms with van der Waals surface area (Å²) in [6.07, 6.45) is 2.04. The summed E-state index contributed by atoms with van der Waals surface area (Å²) in [6.45, 7) is 16.9. The predicted molar refractivity (Wildman–Crippen MR) is 121 cm³/mol. The molecule has 1 fully saturated rings. The molecule has 1 aromatic rings. The second kappa shape index (κ2) is 9.44. The van der Waals surface area contributed by atoms with Gasteiger partial charge in [-0.25, -0.2) is 8.42 Å². The largest absolute Gasteiger partial charge is 0.416 e. The first-order valence-corrected chi connectivity index (χ1v) is 14.7. The molecule has 1 aromatic carbocycles. The smallest absolute Gasteiger partial charge is 0.200 e. The Bertz CT molecular complexity index is 691. The number of rotatable bonds is 9. The third-order valence-electron chi connectivity index (χ3n) is 6.96. The topological polar surface area (TPSA) is 43.4 Å². The molecule has 0 amide bonds. The van der Waals surface area contributed by atoms with Crippen molar-refractivity contribution in [3.63, 3.8) is 0 Å². The van der Waals surface area contributed by atoms with Crippen LogP contribution in [-0.2, 0) is 14.3 Å². The fraction of sp³-hybridized carbons (Fsp3) is 0.739. The standard InChI is InChI=1S/C23H40O3SSi/c1-17(2)28(18(3)4,19(5)6)26-15-21-13-20(7)22(14-21)16-27(24,25)23-11-9-8-10-12-23/h8-12,17-22H,13-16H2,1-7H3/t20-,21-,22-/m1/s1. The molecule has 0 unspecified atom stereocenters. The molecule has 28 heavy (non-hydrogen) atoms. The summed E-state index contributed by atoms with van der Waals surface area (Å²) in [5.74, 6) is 1.40. The van der Waals surface area contributed by atoms with E-state index >= 15 is 0 Å². The molecular weight excluding hydrogens is 384 g/mol. The van der Waals surface area contributed by atoms with Gasteiger partial charge in [0.15, 0.2) is 18.2 Å². The van der Waals surface area contributed by atoms with Gasteiger partial charge in [-0.1, -0.05) is 66.7 Å². The van der Waals surface area contributed by atoms with Crippen LogP contribution in [0.4, 0.5) is 0 Å². The van der Waals surface area contributed by atoms with E-state index in [1.807, 2.05) is 6.07 Å². The zero-order valence-electron chi connectivity index (χ0n) is 18.8. The Labute approximate surface area is 174 Å². The molecule has 0 N–H and O–H groups in total. The highest BCUT2D eigenvalue weighted by Crippen LogP contribution is 2.44. The monoisotopic (exact) mass is 424 g/mol. The Morgan fingerprint density at radius 1 is 0.964 bits per heavy atom. The first kappa shape index (κ1) is 23.6. The molecular formula is C23H40O3SSi. The molecule has 2 rings (SSSR count). The van der Waals surface area contributed by atoms with Gasteiger partial charge in [-0.05, 0) is 59.4 Å². The maximum absolute atomic E-state index is 12.8. The van der Waals surface area contributed by atoms with Crippen LogP contribution in [0.5, 0.6) is 0 Å². The van der Waals surface area contributed by atoms with Crippen molar-refractivity contribution in [3.05, 3.63) is 30.3 Å². The van der Waals surface area contributed by atoms with E-state index in [0.29, 0.717) is 33.4 Å². The quantitative estimate of drug-likeness (QED) is 0.436. The highest BCUT2D eigenvalue weighted by molar-refractivity contribution is 7.91. The van der Waals surface area contributed by atoms with Crippen molar-refractivity contribution < 1.29 is 12.8 Å². The van der Waals surface area contributed by atoms with Crippen LogP contribution in [0.15, 0.2) is 35.2 Å². The highest BCUT2D eigenvalue weighted by Gasteiger charge is 2.46. The summed E-state index contributed by atoms with van der Waals surface area (Å²) in [5.41, 5.74) is 1.75. The van der Waals surface area contributed by atoms with Crippen LogP contribution in [0.1, 0.15) is 61.3 Å². The lowest BCUT2D eigenvalue weighted by atomic mass is 10.0. The maximum atomic E-state index is 12.8. The van der Waals surface area contributed by atoms with Crippen LogP contribution in [0.3, 0.4) is 0 Å². The van der Waals surface area contributed by atoms with E-state index in [4.69, 9.17) is 4.43 Å². The van der Waals surface area contributed by atoms with Crippen LogP contribution >= 0.6 is 0 Å². The SMILES string of the molecule is CC(C)[Si](OC[C@H]1C[C@H](CS(=O)(=O)c2ccccc2)[C@H](C)C1)(C(C)C)C(C)C. The first-order chi connectivity index (χ1) is 13.0. The first-order valence-electron chi connectivity index (χ1n) is 10.9. The van der Waals surface area contributed by atoms with Crippen LogP contribution in [0.2, 0.25) is 16.6 Å². The number of sulfone groups is 1. The zero-order valence-corrected chi connectivity index (χ0v) is 20.6. The van der Waals surface area contributed by atoms with Crippen molar-refractivity contribution in [2.24, 2.45) is 17.8 Å². The van der Waals surface area contributed by atoms with Gasteiger partial charge in [0.1, 0.15) is 0 Å². The van der Waals surface area contributed by atoms with Crippen LogP contribution in [0, 0.1) is 17.8 Å². The summed E-state index contributed by atoms with van der Waals surface area (Å²) in [7, 11) is -5.07. The Morgan fingerprint density at radius 3 is 2.00 bits per heavy atom. The van der Waals surface area contributed by atoms with Crippen molar-refractivity contribution >= 4 is 18.2 Å². The third-order valence-corrected chi connectivity index (χ3v) is 14.9. The van der Waals surface area contributed by atoms with Crippen LogP contribution in [-0.4, -0.2) is 29.1 Å². The van der Waals surface area contributed by atoms with Gasteiger partial charge in [-0.15, -0.1) is 0 Å². The van der Waals surface area contributed by atoms with Gasteiger partial charge < -0.3 is 4.43 Å². The van der Waals surface area contributed by atoms with Crippen molar-refractivity contribution in [2.75, 3.05) is 12.4 Å². The molecule has 3 nitrogen and oxygen atoms in total. The lowest BCUT2D eigenvalue weighted by Gasteiger charge is -2.42. The lowest BCUT2D eigenvalue weighted by molar-refractivity contribution is 0.219. The molecule has 1 saturated carbocycles. The normalized spacial score (nSPS) is 23.9. The molecule has 1 aliphatic rings. The van der Waals surface area contributed by atoms with E-state index in [1.54, 1.807) is 24.3 Å². The van der Waals surface area contributed by atoms with Gasteiger partial charge in [0, 0.05) is 6.61 Å². The van der Waals surface area contributed by atoms with Crippen molar-refractivity contribution in [1.82, 2.24) is 0 Å². The minimum atomic E-state index is -3.22. The number of hydrogen-bond acceptors (Lipinski definition) is 3. The van der Waals surface area contributed by atoms with Crippen molar-refractivity contribution in [1.29, 1.82) is 0 Å². The number of benzene rings is 1. The van der Waals surface area contributed by atoms with Gasteiger partial charge >= 0.3 is 0 Å². The fourth-order valence-corrected chi connectivity index (χ4v) is 12.9. The molecule has 0 spiro atoms. The third kappa shape index (κ3) is 5.09. The molecule has 1 aliphatic carbocycles. The maximum Gasteiger partial charge on any atom is 0.200 e. The average Bonchev–Trinajstić information content (AvgIpc) is 2.94. The minimum Gasteiger partial charge on any atom is -0.416 e. The summed E-state index contributed by atoms with van der Waals surface area (Å²) >= 11 is 0. The summed E-state index contributed by atoms with van der Waals surface area (Å²) in [5, 5.41) is 0. The zero-order chi connectivity index (χ0) is 21.1. The fourth-order valence-electron chi connectivity index (χ4n) is 5.61. The molecule has 0 saturated heterocycles. The van der Waals surface area contributed by atoms with E-state index in [0.717, 1.165) is 19.4 Å². The molecule has 0 radical (unpaired) electrons. The van der Waals surface area contributed by atoms with E-state index < -0.39 is 18.2 Å². The van der Waals surface area contributed by atoms with Gasteiger partial charge in [-0.2, -0.15) is 0 Å². The predicted octanol–water partition coefficient (Wildman–Crippen LogP) is 6.31. The van der Waals surface area contributed by atoms with E-state index in [-0.39, 0.29) is 11.7 Å². The van der Waals surface area contributed by atoms with Crippen LogP contribution < -0.4 is 0 Å². The van der Waals surface area contributed by atoms with Crippen LogP contribution in [0.25, 0.3) is 0 Å². The molecule has 0 aromatic heterocycles. The highest BCUT2D eigenvalue weighted by atomic mass is 32.2. The van der Waals surface area contributed by atoms with Gasteiger partial charge in [0.25, 0.3) is 0 Å². The molecule has 5 heteroatoms. The lowest BCUT2D eigenvalue weighted by Crippen LogP contribution is -2.48. The Hall–Kier alpha value is -0.653. The van der Waals surface area contributed by atoms with E-state index in [9.17, 15) is 8.42 Å². The van der Waals surface area contributed by atoms with Gasteiger partial charge in [0.2, 0.25) is 0 Å². The summed E-state index contributed by atoms with van der Waals surface area (Å²) in [6, 6.07) is 8.89. The van der Waals surface area contributed by atoms with Crippen molar-refractivity contribution in [3.8, 4) is 0 Å². The van der Waals surface area contributed by atoms with Gasteiger partial charge in [0.05, 0.1) is 10.6 Å². The summed E-state index contributed by atoms with van der Waals surface area (Å²) in [4.78, 5) is 0.452. The molecule has 0 aliphatic heterocycles. The van der Waals surface area contributed by atoms with Crippen molar-refractivity contribution in [2.45, 2.75) is 82.8 Å². The van der Waals surface area contributed by atoms with E-state index in [2.05, 4.69) is 48.5 Å². The second-order valence-corrected chi connectivity index (χ2v) is 17.3. The minimum absolute atomic E-state index is 0.229. The second-order valence-electron chi connectivity index (χ2n) is 9.80. The molecule has 160 valence electrons. The Balaban J connectivity index is 2.03. The molecule has 0 heterocycles. The molecule has 3 atom stereocenters. The van der Waals surface area contributed by atoms with Gasteiger partial charge in [-0.3, -0.25) is 0 Å². The van der Waals surface area contributed by atoms with E-state index in [1.165, 1.54) is 0 Å². The Morgan fingerprint density at radius 2 is 1.50 bits per heavy atom. The average molecular weight is 425 g/mol. The summed E-state index contributed by atoms with van der Waals surface area (Å²) < 4.78 is 32.4. The molecule has 0 bridgehead atoms. The number of hydrogen-bond donors (Lipinski definition) is 0.